The van der Waals surface area contributed by atoms with E-state index < -0.39 is 10.0 Å². The normalized spacial score (nSPS) is 20.2. The number of fused-ring (bicyclic) bond motifs is 1. The van der Waals surface area contributed by atoms with Crippen molar-refractivity contribution in [2.45, 2.75) is 62.1 Å². The average molecular weight is 509 g/mol. The van der Waals surface area contributed by atoms with Gasteiger partial charge in [0.05, 0.1) is 6.33 Å². The summed E-state index contributed by atoms with van der Waals surface area (Å²) in [5.41, 5.74) is 3.33. The molecule has 0 bridgehead atoms. The van der Waals surface area contributed by atoms with Crippen molar-refractivity contribution in [2.24, 2.45) is 13.0 Å². The van der Waals surface area contributed by atoms with E-state index in [9.17, 15) is 8.42 Å². The van der Waals surface area contributed by atoms with Crippen molar-refractivity contribution in [2.75, 3.05) is 13.2 Å². The lowest BCUT2D eigenvalue weighted by Crippen LogP contribution is -2.44. The van der Waals surface area contributed by atoms with Crippen molar-refractivity contribution in [3.63, 3.8) is 0 Å². The van der Waals surface area contributed by atoms with Crippen LogP contribution in [0.5, 0.6) is 5.75 Å². The van der Waals surface area contributed by atoms with Crippen molar-refractivity contribution in [1.29, 1.82) is 0 Å². The second-order valence-electron chi connectivity index (χ2n) is 10.2. The molecule has 36 heavy (non-hydrogen) atoms. The molecule has 1 aliphatic carbocycles. The summed E-state index contributed by atoms with van der Waals surface area (Å²) in [7, 11) is -1.93. The molecule has 2 aromatic carbocycles. The summed E-state index contributed by atoms with van der Waals surface area (Å²) in [4.78, 5) is 3.98. The van der Waals surface area contributed by atoms with Gasteiger partial charge in [-0.3, -0.25) is 0 Å². The molecule has 0 radical (unpaired) electrons. The lowest BCUT2D eigenvalue weighted by atomic mass is 9.83. The van der Waals surface area contributed by atoms with Gasteiger partial charge in [0.1, 0.15) is 12.4 Å². The molecule has 192 valence electrons. The molecule has 0 saturated heterocycles. The summed E-state index contributed by atoms with van der Waals surface area (Å²) < 4.78 is 35.8. The van der Waals surface area contributed by atoms with Gasteiger partial charge in [-0.15, -0.1) is 0 Å². The van der Waals surface area contributed by atoms with Crippen LogP contribution in [0.15, 0.2) is 66.1 Å². The zero-order valence-corrected chi connectivity index (χ0v) is 21.7. The van der Waals surface area contributed by atoms with Crippen molar-refractivity contribution < 1.29 is 13.2 Å². The Labute approximate surface area is 214 Å². The molecule has 0 spiro atoms. The highest BCUT2D eigenvalue weighted by Gasteiger charge is 2.31. The molecule has 2 atom stereocenters. The van der Waals surface area contributed by atoms with E-state index in [-0.39, 0.29) is 23.5 Å². The molecule has 1 saturated carbocycles. The van der Waals surface area contributed by atoms with E-state index in [4.69, 9.17) is 4.74 Å². The molecule has 0 amide bonds. The molecular weight excluding hydrogens is 472 g/mol. The Bertz CT molecular complexity index is 1250. The van der Waals surface area contributed by atoms with Crippen LogP contribution >= 0.6 is 0 Å². The summed E-state index contributed by atoms with van der Waals surface area (Å²) in [6, 6.07) is 16.8. The Morgan fingerprint density at radius 1 is 1.08 bits per heavy atom. The van der Waals surface area contributed by atoms with Gasteiger partial charge in [-0.2, -0.15) is 0 Å². The van der Waals surface area contributed by atoms with Crippen molar-refractivity contribution in [3.8, 4) is 5.75 Å². The summed E-state index contributed by atoms with van der Waals surface area (Å²) >= 11 is 0. The highest BCUT2D eigenvalue weighted by Crippen LogP contribution is 2.37. The third-order valence-electron chi connectivity index (χ3n) is 7.53. The number of nitrogens with zero attached hydrogens (tertiary/aromatic N) is 2. The van der Waals surface area contributed by atoms with Crippen LogP contribution in [0.1, 0.15) is 54.7 Å². The number of aromatic nitrogens is 2. The van der Waals surface area contributed by atoms with Gasteiger partial charge < -0.3 is 14.6 Å². The first kappa shape index (κ1) is 25.0. The summed E-state index contributed by atoms with van der Waals surface area (Å²) in [6.07, 6.45) is 10.6. The highest BCUT2D eigenvalue weighted by atomic mass is 32.2. The van der Waals surface area contributed by atoms with Crippen molar-refractivity contribution >= 4 is 10.0 Å². The second-order valence-corrected chi connectivity index (χ2v) is 11.9. The fourth-order valence-electron chi connectivity index (χ4n) is 5.51. The molecular formula is C28H36N4O3S. The summed E-state index contributed by atoms with van der Waals surface area (Å²) in [5, 5.41) is 3.84. The summed E-state index contributed by atoms with van der Waals surface area (Å²) in [6.45, 7) is 1.84. The largest absolute Gasteiger partial charge is 0.492 e. The Balaban J connectivity index is 1.33. The Morgan fingerprint density at radius 2 is 1.89 bits per heavy atom. The zero-order valence-electron chi connectivity index (χ0n) is 20.9. The molecule has 2 N–H and O–H groups in total. The first-order chi connectivity index (χ1) is 17.5. The molecule has 8 heteroatoms. The van der Waals surface area contributed by atoms with Crippen molar-refractivity contribution in [3.05, 3.63) is 77.7 Å². The average Bonchev–Trinajstić information content (AvgIpc) is 3.57. The quantitative estimate of drug-likeness (QED) is 0.430. The van der Waals surface area contributed by atoms with E-state index in [1.54, 1.807) is 11.6 Å². The number of imidazole rings is 1. The Kier molecular flexibility index (Phi) is 7.74. The van der Waals surface area contributed by atoms with Gasteiger partial charge in [0, 0.05) is 31.7 Å². The predicted molar refractivity (Wildman–Crippen MR) is 140 cm³/mol. The summed E-state index contributed by atoms with van der Waals surface area (Å²) in [5.74, 6) is 1.98. The lowest BCUT2D eigenvalue weighted by molar-refractivity contribution is 0.209. The second kappa shape index (κ2) is 11.2. The maximum Gasteiger partial charge on any atom is 0.259 e. The lowest BCUT2D eigenvalue weighted by Gasteiger charge is -2.35. The number of hydrogen-bond acceptors (Lipinski definition) is 5. The van der Waals surface area contributed by atoms with Gasteiger partial charge in [0.15, 0.2) is 5.03 Å². The maximum atomic E-state index is 12.7. The van der Waals surface area contributed by atoms with E-state index in [1.807, 2.05) is 18.2 Å². The highest BCUT2D eigenvalue weighted by molar-refractivity contribution is 7.89. The first-order valence-electron chi connectivity index (χ1n) is 13.0. The zero-order chi connectivity index (χ0) is 25.0. The fraction of sp³-hybridized carbons (Fsp3) is 0.464. The van der Waals surface area contributed by atoms with E-state index in [2.05, 4.69) is 45.4 Å². The Hall–Kier alpha value is -2.68. The van der Waals surface area contributed by atoms with Crippen LogP contribution in [0, 0.1) is 5.92 Å². The van der Waals surface area contributed by atoms with Crippen LogP contribution in [-0.2, 0) is 30.0 Å². The molecule has 0 unspecified atom stereocenters. The number of benzene rings is 2. The third-order valence-corrected chi connectivity index (χ3v) is 8.82. The molecule has 7 nitrogen and oxygen atoms in total. The van der Waals surface area contributed by atoms with E-state index in [1.165, 1.54) is 50.2 Å². The van der Waals surface area contributed by atoms with Crippen LogP contribution in [-0.4, -0.2) is 37.2 Å². The molecule has 1 aromatic heterocycles. The van der Waals surface area contributed by atoms with Crippen LogP contribution in [0.4, 0.5) is 0 Å². The number of ether oxygens (including phenoxy) is 1. The molecule has 3 aromatic rings. The number of sulfonamides is 1. The van der Waals surface area contributed by atoms with Gasteiger partial charge >= 0.3 is 0 Å². The smallest absolute Gasteiger partial charge is 0.259 e. The first-order valence-corrected chi connectivity index (χ1v) is 14.5. The van der Waals surface area contributed by atoms with E-state index in [0.29, 0.717) is 6.61 Å². The van der Waals surface area contributed by atoms with Gasteiger partial charge in [0.25, 0.3) is 10.0 Å². The number of nitrogens with one attached hydrogen (secondary N) is 2. The fourth-order valence-corrected chi connectivity index (χ4v) is 6.51. The van der Waals surface area contributed by atoms with Crippen LogP contribution in [0.2, 0.25) is 0 Å². The number of rotatable bonds is 10. The standard InChI is InChI=1S/C28H36N4O3S/c1-32-18-28(30-20-32)36(33,34)31-17-23-11-12-27-25(16-23)24(15-22-9-3-2-4-10-22)26(19-35-27)29-14-13-21-7-5-6-8-21/h2-4,9-12,16,18,20-21,24,26,29,31H,5-8,13-15,17,19H2,1H3/t24-,26+/m0/s1. The third kappa shape index (κ3) is 5.99. The van der Waals surface area contributed by atoms with E-state index in [0.717, 1.165) is 35.8 Å². The molecule has 2 aliphatic rings. The van der Waals surface area contributed by atoms with Gasteiger partial charge in [-0.1, -0.05) is 68.1 Å². The van der Waals surface area contributed by atoms with Gasteiger partial charge in [0.2, 0.25) is 0 Å². The maximum absolute atomic E-state index is 12.7. The SMILES string of the molecule is Cn1cnc(S(=O)(=O)NCc2ccc3c(c2)[C@H](Cc2ccccc2)[C@H](NCCC2CCCC2)CO3)c1. The molecule has 5 rings (SSSR count). The molecule has 2 heterocycles. The molecule has 1 fully saturated rings. The monoisotopic (exact) mass is 508 g/mol. The van der Waals surface area contributed by atoms with Crippen LogP contribution in [0.3, 0.4) is 0 Å². The topological polar surface area (TPSA) is 85.2 Å². The minimum absolute atomic E-state index is 0.0276. The van der Waals surface area contributed by atoms with Gasteiger partial charge in [-0.05, 0) is 48.1 Å². The van der Waals surface area contributed by atoms with Crippen LogP contribution < -0.4 is 14.8 Å². The minimum Gasteiger partial charge on any atom is -0.492 e. The van der Waals surface area contributed by atoms with Crippen molar-refractivity contribution in [1.82, 2.24) is 19.6 Å². The number of hydrogen-bond donors (Lipinski definition) is 2. The Morgan fingerprint density at radius 3 is 2.64 bits per heavy atom. The molecule has 1 aliphatic heterocycles. The van der Waals surface area contributed by atoms with Gasteiger partial charge in [-0.25, -0.2) is 18.1 Å². The number of aryl methyl sites for hydroxylation is 1. The van der Waals surface area contributed by atoms with Crippen LogP contribution in [0.25, 0.3) is 0 Å². The predicted octanol–water partition coefficient (Wildman–Crippen LogP) is 4.16. The minimum atomic E-state index is -3.68. The van der Waals surface area contributed by atoms with E-state index >= 15 is 0 Å².